The first kappa shape index (κ1) is 26.0. The molecular weight excluding hydrogens is 479 g/mol. The summed E-state index contributed by atoms with van der Waals surface area (Å²) in [7, 11) is 0. The second kappa shape index (κ2) is 11.3. The third-order valence-electron chi connectivity index (χ3n) is 5.56. The lowest BCUT2D eigenvalue weighted by molar-refractivity contribution is -0.117. The Hall–Kier alpha value is -4.08. The van der Waals surface area contributed by atoms with E-state index in [0.717, 1.165) is 24.2 Å². The lowest BCUT2D eigenvalue weighted by atomic mass is 10.2. The minimum absolute atomic E-state index is 0.0423. The van der Waals surface area contributed by atoms with Gasteiger partial charge in [0.1, 0.15) is 23.5 Å². The number of oxazole rings is 1. The van der Waals surface area contributed by atoms with Gasteiger partial charge < -0.3 is 29.4 Å². The highest BCUT2D eigenvalue weighted by molar-refractivity contribution is 5.95. The van der Waals surface area contributed by atoms with Gasteiger partial charge in [0.25, 0.3) is 6.01 Å². The van der Waals surface area contributed by atoms with Crippen molar-refractivity contribution in [2.45, 2.75) is 45.8 Å². The molecule has 1 saturated heterocycles. The third-order valence-corrected chi connectivity index (χ3v) is 5.56. The number of alkyl carbamates (subject to hydrolysis) is 1. The zero-order valence-electron chi connectivity index (χ0n) is 21.2. The van der Waals surface area contributed by atoms with E-state index in [0.29, 0.717) is 42.2 Å². The zero-order chi connectivity index (χ0) is 26.4. The second-order valence-electron chi connectivity index (χ2n) is 9.73. The largest absolute Gasteiger partial charge is 0.489 e. The number of fused-ring (bicyclic) bond motifs is 1. The molecule has 0 aliphatic carbocycles. The van der Waals surface area contributed by atoms with Gasteiger partial charge in [-0.15, -0.1) is 0 Å². The van der Waals surface area contributed by atoms with Crippen LogP contribution in [0.1, 0.15) is 39.2 Å². The maximum Gasteiger partial charge on any atom is 0.407 e. The van der Waals surface area contributed by atoms with Crippen LogP contribution in [0.4, 0.5) is 20.9 Å². The van der Waals surface area contributed by atoms with Gasteiger partial charge in [0, 0.05) is 43.4 Å². The van der Waals surface area contributed by atoms with Crippen molar-refractivity contribution in [3.8, 4) is 5.75 Å². The van der Waals surface area contributed by atoms with Crippen molar-refractivity contribution in [3.05, 3.63) is 59.9 Å². The number of rotatable bonds is 9. The number of carbonyl (C=O) groups is 2. The van der Waals surface area contributed by atoms with Crippen molar-refractivity contribution < 1.29 is 27.9 Å². The van der Waals surface area contributed by atoms with E-state index in [9.17, 15) is 14.0 Å². The SMILES string of the molecule is CC(C)(C)OC(=O)NC/C(=C/F)COc1ccc2nc(NCc3ccc(N4CCCC4=O)cc3)oc2c1. The lowest BCUT2D eigenvalue weighted by Gasteiger charge is -2.20. The highest BCUT2D eigenvalue weighted by Gasteiger charge is 2.21. The first-order valence-electron chi connectivity index (χ1n) is 12.1. The zero-order valence-corrected chi connectivity index (χ0v) is 21.2. The van der Waals surface area contributed by atoms with Crippen molar-refractivity contribution in [1.82, 2.24) is 10.3 Å². The number of ether oxygens (including phenoxy) is 2. The summed E-state index contributed by atoms with van der Waals surface area (Å²) >= 11 is 0. The molecule has 2 heterocycles. The third kappa shape index (κ3) is 7.22. The highest BCUT2D eigenvalue weighted by Crippen LogP contribution is 2.25. The summed E-state index contributed by atoms with van der Waals surface area (Å²) in [6.45, 7) is 6.41. The maximum absolute atomic E-state index is 13.3. The fraction of sp³-hybridized carbons (Fsp3) is 0.370. The van der Waals surface area contributed by atoms with Crippen LogP contribution in [-0.4, -0.2) is 42.3 Å². The van der Waals surface area contributed by atoms with Crippen LogP contribution in [0.25, 0.3) is 11.1 Å². The molecule has 9 nitrogen and oxygen atoms in total. The number of hydrogen-bond donors (Lipinski definition) is 2. The summed E-state index contributed by atoms with van der Waals surface area (Å²) in [6.07, 6.45) is 1.27. The molecule has 0 atom stereocenters. The molecule has 1 aromatic heterocycles. The molecule has 2 aromatic carbocycles. The van der Waals surface area contributed by atoms with Crippen LogP contribution in [-0.2, 0) is 16.1 Å². The van der Waals surface area contributed by atoms with Crippen LogP contribution < -0.4 is 20.3 Å². The van der Waals surface area contributed by atoms with Gasteiger partial charge in [-0.25, -0.2) is 9.18 Å². The van der Waals surface area contributed by atoms with E-state index in [4.69, 9.17) is 13.9 Å². The van der Waals surface area contributed by atoms with Crippen LogP contribution >= 0.6 is 0 Å². The fourth-order valence-corrected chi connectivity index (χ4v) is 3.76. The minimum Gasteiger partial charge on any atom is -0.489 e. The smallest absolute Gasteiger partial charge is 0.407 e. The molecule has 0 unspecified atom stereocenters. The number of hydrogen-bond acceptors (Lipinski definition) is 7. The monoisotopic (exact) mass is 510 g/mol. The van der Waals surface area contributed by atoms with Gasteiger partial charge >= 0.3 is 6.09 Å². The Bertz CT molecular complexity index is 1280. The number of nitrogens with one attached hydrogen (secondary N) is 2. The van der Waals surface area contributed by atoms with E-state index in [1.54, 1.807) is 39.0 Å². The van der Waals surface area contributed by atoms with E-state index < -0.39 is 11.7 Å². The van der Waals surface area contributed by atoms with Gasteiger partial charge in [0.05, 0.1) is 6.33 Å². The molecule has 37 heavy (non-hydrogen) atoms. The Kier molecular flexibility index (Phi) is 7.95. The molecule has 1 fully saturated rings. The van der Waals surface area contributed by atoms with Gasteiger partial charge in [-0.1, -0.05) is 12.1 Å². The van der Waals surface area contributed by atoms with Crippen molar-refractivity contribution in [3.63, 3.8) is 0 Å². The van der Waals surface area contributed by atoms with Crippen molar-refractivity contribution in [1.29, 1.82) is 0 Å². The van der Waals surface area contributed by atoms with Crippen molar-refractivity contribution >= 4 is 34.8 Å². The molecule has 196 valence electrons. The van der Waals surface area contributed by atoms with Crippen LogP contribution in [0.15, 0.2) is 58.8 Å². The molecule has 0 radical (unpaired) electrons. The van der Waals surface area contributed by atoms with Crippen LogP contribution in [0.5, 0.6) is 5.75 Å². The van der Waals surface area contributed by atoms with E-state index in [1.807, 2.05) is 29.2 Å². The average Bonchev–Trinajstić information content (AvgIpc) is 3.47. The first-order valence-corrected chi connectivity index (χ1v) is 12.1. The van der Waals surface area contributed by atoms with Gasteiger partial charge in [0.15, 0.2) is 5.58 Å². The summed E-state index contributed by atoms with van der Waals surface area (Å²) in [5, 5.41) is 5.66. The molecule has 0 saturated carbocycles. The predicted molar refractivity (Wildman–Crippen MR) is 138 cm³/mol. The van der Waals surface area contributed by atoms with Gasteiger partial charge in [-0.2, -0.15) is 4.98 Å². The number of aromatic nitrogens is 1. The van der Waals surface area contributed by atoms with Gasteiger partial charge in [-0.05, 0) is 57.0 Å². The molecule has 10 heteroatoms. The lowest BCUT2D eigenvalue weighted by Crippen LogP contribution is -2.34. The van der Waals surface area contributed by atoms with Crippen molar-refractivity contribution in [2.24, 2.45) is 0 Å². The van der Waals surface area contributed by atoms with Crippen LogP contribution in [0.3, 0.4) is 0 Å². The Morgan fingerprint density at radius 1 is 1.22 bits per heavy atom. The number of benzene rings is 2. The Morgan fingerprint density at radius 2 is 2.00 bits per heavy atom. The molecule has 0 spiro atoms. The van der Waals surface area contributed by atoms with Crippen molar-refractivity contribution in [2.75, 3.05) is 29.9 Å². The van der Waals surface area contributed by atoms with Crippen LogP contribution in [0, 0.1) is 0 Å². The summed E-state index contributed by atoms with van der Waals surface area (Å²) in [5.41, 5.74) is 2.69. The summed E-state index contributed by atoms with van der Waals surface area (Å²) in [5.74, 6) is 0.633. The Morgan fingerprint density at radius 3 is 2.68 bits per heavy atom. The molecule has 1 aliphatic rings. The molecule has 1 aliphatic heterocycles. The fourth-order valence-electron chi connectivity index (χ4n) is 3.76. The molecule has 3 aromatic rings. The standard InChI is InChI=1S/C27H31FN4O5/c1-27(2,3)37-26(34)30-16-19(14-28)17-35-21-10-11-22-23(13-21)36-25(31-22)29-15-18-6-8-20(9-7-18)32-12-4-5-24(32)33/h6-11,13-14H,4-5,12,15-17H2,1-3H3,(H,29,31)(H,30,34)/b19-14-. The Balaban J connectivity index is 1.29. The van der Waals surface area contributed by atoms with E-state index in [-0.39, 0.29) is 24.6 Å². The normalized spacial score (nSPS) is 14.2. The molecule has 2 amide bonds. The molecule has 0 bridgehead atoms. The number of amides is 2. The number of halogens is 1. The highest BCUT2D eigenvalue weighted by atomic mass is 19.1. The minimum atomic E-state index is -0.639. The summed E-state index contributed by atoms with van der Waals surface area (Å²) < 4.78 is 29.9. The van der Waals surface area contributed by atoms with Gasteiger partial charge in [0.2, 0.25) is 5.91 Å². The Labute approximate surface area is 214 Å². The summed E-state index contributed by atoms with van der Waals surface area (Å²) in [6, 6.07) is 13.3. The number of nitrogens with zero attached hydrogens (tertiary/aromatic N) is 2. The predicted octanol–water partition coefficient (Wildman–Crippen LogP) is 5.32. The average molecular weight is 511 g/mol. The first-order chi connectivity index (χ1) is 17.7. The second-order valence-corrected chi connectivity index (χ2v) is 9.73. The topological polar surface area (TPSA) is 106 Å². The maximum atomic E-state index is 13.3. The number of anilines is 2. The molecular formula is C27H31FN4O5. The van der Waals surface area contributed by atoms with E-state index in [2.05, 4.69) is 15.6 Å². The van der Waals surface area contributed by atoms with Gasteiger partial charge in [-0.3, -0.25) is 4.79 Å². The van der Waals surface area contributed by atoms with E-state index >= 15 is 0 Å². The number of carbonyl (C=O) groups excluding carboxylic acids is 2. The summed E-state index contributed by atoms with van der Waals surface area (Å²) in [4.78, 5) is 29.9. The quantitative estimate of drug-likeness (QED) is 0.401. The molecule has 4 rings (SSSR count). The van der Waals surface area contributed by atoms with Crippen LogP contribution in [0.2, 0.25) is 0 Å². The molecule has 2 N–H and O–H groups in total. The van der Waals surface area contributed by atoms with E-state index in [1.165, 1.54) is 0 Å².